The SMILES string of the molecule is CS[C@@]1(C(=O)Nc2ccc3c(c2)C(c2ccc(OC(C)C)nc2)NN3)CCNC1. The van der Waals surface area contributed by atoms with Crippen molar-refractivity contribution in [3.8, 4) is 5.88 Å². The van der Waals surface area contributed by atoms with Gasteiger partial charge in [0.1, 0.15) is 4.75 Å². The highest BCUT2D eigenvalue weighted by Gasteiger charge is 2.40. The number of aromatic nitrogens is 1. The highest BCUT2D eigenvalue weighted by Crippen LogP contribution is 2.36. The van der Waals surface area contributed by atoms with Gasteiger partial charge in [-0.2, -0.15) is 0 Å². The number of nitrogens with zero attached hydrogens (tertiary/aromatic N) is 1. The first-order valence-electron chi connectivity index (χ1n) is 9.86. The Hall–Kier alpha value is -2.29. The van der Waals surface area contributed by atoms with Gasteiger partial charge in [0.05, 0.1) is 17.8 Å². The average Bonchev–Trinajstić information content (AvgIpc) is 3.36. The summed E-state index contributed by atoms with van der Waals surface area (Å²) in [5, 5.41) is 6.42. The van der Waals surface area contributed by atoms with E-state index in [1.54, 1.807) is 11.8 Å². The molecule has 1 aromatic heterocycles. The standard InChI is InChI=1S/C21H27N5O2S/c1-13(2)28-18-7-4-14(11-23-18)19-16-10-15(5-6-17(16)25-26-19)24-20(27)21(29-3)8-9-22-12-21/h4-7,10-11,13,19,22,25-26H,8-9,12H2,1-3H3,(H,24,27)/t19?,21-/m0/s1. The van der Waals surface area contributed by atoms with Crippen LogP contribution in [0.15, 0.2) is 36.5 Å². The van der Waals surface area contributed by atoms with E-state index in [1.807, 2.05) is 56.6 Å². The van der Waals surface area contributed by atoms with Crippen molar-refractivity contribution in [2.24, 2.45) is 0 Å². The Bertz CT molecular complexity index is 881. The van der Waals surface area contributed by atoms with Gasteiger partial charge < -0.3 is 20.8 Å². The minimum absolute atomic E-state index is 0.0508. The number of hydrogen-bond donors (Lipinski definition) is 4. The number of benzene rings is 1. The largest absolute Gasteiger partial charge is 0.475 e. The summed E-state index contributed by atoms with van der Waals surface area (Å²) in [5.41, 5.74) is 10.4. The van der Waals surface area contributed by atoms with Gasteiger partial charge in [-0.15, -0.1) is 11.8 Å². The van der Waals surface area contributed by atoms with Gasteiger partial charge in [0, 0.05) is 30.1 Å². The lowest BCUT2D eigenvalue weighted by Gasteiger charge is -2.24. The van der Waals surface area contributed by atoms with Gasteiger partial charge in [0.2, 0.25) is 11.8 Å². The predicted molar refractivity (Wildman–Crippen MR) is 117 cm³/mol. The van der Waals surface area contributed by atoms with E-state index in [0.29, 0.717) is 12.4 Å². The number of hydrogen-bond acceptors (Lipinski definition) is 7. The maximum Gasteiger partial charge on any atom is 0.241 e. The van der Waals surface area contributed by atoms with Gasteiger partial charge >= 0.3 is 0 Å². The summed E-state index contributed by atoms with van der Waals surface area (Å²) in [6.07, 6.45) is 4.75. The van der Waals surface area contributed by atoms with Crippen molar-refractivity contribution in [2.45, 2.75) is 37.2 Å². The van der Waals surface area contributed by atoms with E-state index in [2.05, 4.69) is 26.5 Å². The molecule has 0 bridgehead atoms. The number of ether oxygens (including phenoxy) is 1. The van der Waals surface area contributed by atoms with Crippen LogP contribution in [0.3, 0.4) is 0 Å². The van der Waals surface area contributed by atoms with Crippen LogP contribution in [-0.4, -0.2) is 41.1 Å². The maximum atomic E-state index is 12.9. The van der Waals surface area contributed by atoms with E-state index in [9.17, 15) is 4.79 Å². The van der Waals surface area contributed by atoms with Crippen molar-refractivity contribution in [1.82, 2.24) is 15.7 Å². The molecule has 1 amide bonds. The molecule has 3 heterocycles. The second kappa shape index (κ2) is 8.22. The number of pyridine rings is 1. The van der Waals surface area contributed by atoms with Crippen LogP contribution in [-0.2, 0) is 4.79 Å². The summed E-state index contributed by atoms with van der Waals surface area (Å²) >= 11 is 1.62. The molecule has 4 rings (SSSR count). The molecule has 8 heteroatoms. The number of thioether (sulfide) groups is 1. The third-order valence-corrected chi connectivity index (χ3v) is 6.66. The Kier molecular flexibility index (Phi) is 5.67. The van der Waals surface area contributed by atoms with E-state index in [0.717, 1.165) is 35.5 Å². The van der Waals surface area contributed by atoms with Crippen LogP contribution >= 0.6 is 11.8 Å². The summed E-state index contributed by atoms with van der Waals surface area (Å²) in [6, 6.07) is 9.79. The number of rotatable bonds is 6. The number of amides is 1. The van der Waals surface area contributed by atoms with Crippen molar-refractivity contribution in [3.05, 3.63) is 47.7 Å². The topological polar surface area (TPSA) is 87.3 Å². The van der Waals surface area contributed by atoms with Crippen LogP contribution in [0, 0.1) is 0 Å². The smallest absolute Gasteiger partial charge is 0.241 e. The van der Waals surface area contributed by atoms with Crippen LogP contribution in [0.5, 0.6) is 5.88 Å². The quantitative estimate of drug-likeness (QED) is 0.579. The first kappa shape index (κ1) is 20.0. The molecule has 2 aliphatic heterocycles. The monoisotopic (exact) mass is 413 g/mol. The molecule has 4 N–H and O–H groups in total. The molecule has 7 nitrogen and oxygen atoms in total. The maximum absolute atomic E-state index is 12.9. The van der Waals surface area contributed by atoms with Gasteiger partial charge in [-0.25, -0.2) is 10.4 Å². The molecule has 1 saturated heterocycles. The van der Waals surface area contributed by atoms with Gasteiger partial charge in [-0.3, -0.25) is 4.79 Å². The van der Waals surface area contributed by atoms with Crippen LogP contribution < -0.4 is 26.2 Å². The molecule has 0 aliphatic carbocycles. The molecule has 29 heavy (non-hydrogen) atoms. The second-order valence-electron chi connectivity index (χ2n) is 7.68. The van der Waals surface area contributed by atoms with Crippen LogP contribution in [0.2, 0.25) is 0 Å². The highest BCUT2D eigenvalue weighted by atomic mass is 32.2. The Morgan fingerprint density at radius 3 is 2.86 bits per heavy atom. The minimum Gasteiger partial charge on any atom is -0.475 e. The summed E-state index contributed by atoms with van der Waals surface area (Å²) in [4.78, 5) is 17.3. The third kappa shape index (κ3) is 4.05. The summed E-state index contributed by atoms with van der Waals surface area (Å²) in [5.74, 6) is 0.672. The van der Waals surface area contributed by atoms with Crippen LogP contribution in [0.25, 0.3) is 0 Å². The van der Waals surface area contributed by atoms with Gasteiger partial charge in [0.25, 0.3) is 0 Å². The fourth-order valence-corrected chi connectivity index (χ4v) is 4.52. The molecule has 0 spiro atoms. The van der Waals surface area contributed by atoms with Crippen molar-refractivity contribution >= 4 is 29.0 Å². The Balaban J connectivity index is 1.53. The van der Waals surface area contributed by atoms with E-state index >= 15 is 0 Å². The molecule has 1 fully saturated rings. The van der Waals surface area contributed by atoms with E-state index in [-0.39, 0.29) is 18.1 Å². The van der Waals surface area contributed by atoms with E-state index < -0.39 is 4.75 Å². The molecule has 0 saturated carbocycles. The molecular weight excluding hydrogens is 386 g/mol. The van der Waals surface area contributed by atoms with E-state index in [1.165, 1.54) is 0 Å². The van der Waals surface area contributed by atoms with Crippen LogP contribution in [0.1, 0.15) is 37.4 Å². The average molecular weight is 414 g/mol. The summed E-state index contributed by atoms with van der Waals surface area (Å²) in [7, 11) is 0. The number of hydrazine groups is 1. The lowest BCUT2D eigenvalue weighted by atomic mass is 10.00. The molecule has 1 aromatic carbocycles. The molecular formula is C21H27N5O2S. The number of carbonyl (C=O) groups is 1. The number of anilines is 2. The lowest BCUT2D eigenvalue weighted by molar-refractivity contribution is -0.118. The van der Waals surface area contributed by atoms with Crippen molar-refractivity contribution < 1.29 is 9.53 Å². The Labute approximate surface area is 175 Å². The Morgan fingerprint density at radius 2 is 2.21 bits per heavy atom. The van der Waals surface area contributed by atoms with Crippen molar-refractivity contribution in [3.63, 3.8) is 0 Å². The molecule has 154 valence electrons. The van der Waals surface area contributed by atoms with Gasteiger partial charge in [-0.1, -0.05) is 6.07 Å². The zero-order valence-electron chi connectivity index (χ0n) is 16.9. The first-order chi connectivity index (χ1) is 14.0. The number of carbonyl (C=O) groups excluding carboxylic acids is 1. The molecule has 2 aromatic rings. The molecule has 1 unspecified atom stereocenters. The fourth-order valence-electron chi connectivity index (χ4n) is 3.73. The molecule has 2 aliphatic rings. The number of fused-ring (bicyclic) bond motifs is 1. The van der Waals surface area contributed by atoms with Crippen LogP contribution in [0.4, 0.5) is 11.4 Å². The van der Waals surface area contributed by atoms with E-state index in [4.69, 9.17) is 4.74 Å². The van der Waals surface area contributed by atoms with Gasteiger partial charge in [-0.05, 0) is 56.8 Å². The first-order valence-corrected chi connectivity index (χ1v) is 11.1. The predicted octanol–water partition coefficient (Wildman–Crippen LogP) is 2.92. The summed E-state index contributed by atoms with van der Waals surface area (Å²) in [6.45, 7) is 5.53. The zero-order chi connectivity index (χ0) is 20.4. The van der Waals surface area contributed by atoms with Gasteiger partial charge in [0.15, 0.2) is 0 Å². The Morgan fingerprint density at radius 1 is 1.34 bits per heavy atom. The lowest BCUT2D eigenvalue weighted by Crippen LogP contribution is -2.41. The fraction of sp³-hybridized carbons (Fsp3) is 0.429. The molecule has 0 radical (unpaired) electrons. The molecule has 2 atom stereocenters. The van der Waals surface area contributed by atoms with Crippen molar-refractivity contribution in [1.29, 1.82) is 0 Å². The van der Waals surface area contributed by atoms with Crippen molar-refractivity contribution in [2.75, 3.05) is 30.1 Å². The zero-order valence-corrected chi connectivity index (χ0v) is 17.7. The third-order valence-electron chi connectivity index (χ3n) is 5.34. The summed E-state index contributed by atoms with van der Waals surface area (Å²) < 4.78 is 5.23. The minimum atomic E-state index is -0.398. The second-order valence-corrected chi connectivity index (χ2v) is 8.87. The highest BCUT2D eigenvalue weighted by molar-refractivity contribution is 8.00. The number of nitrogens with one attached hydrogen (secondary N) is 4. The normalized spacial score (nSPS) is 23.0.